The molecule has 1 rings (SSSR count). The summed E-state index contributed by atoms with van der Waals surface area (Å²) in [6, 6.07) is 0. The van der Waals surface area contributed by atoms with Gasteiger partial charge in [0.15, 0.2) is 0 Å². The van der Waals surface area contributed by atoms with Crippen LogP contribution in [0.5, 0.6) is 0 Å². The third-order valence-corrected chi connectivity index (χ3v) is 3.39. The fourth-order valence-electron chi connectivity index (χ4n) is 2.44. The van der Waals surface area contributed by atoms with Crippen molar-refractivity contribution < 1.29 is 14.7 Å². The Bertz CT molecular complexity index is 255. The fourth-order valence-corrected chi connectivity index (χ4v) is 2.44. The summed E-state index contributed by atoms with van der Waals surface area (Å²) in [6.45, 7) is 2.41. The number of amides is 1. The lowest BCUT2D eigenvalue weighted by Crippen LogP contribution is -2.37. The highest BCUT2D eigenvalue weighted by atomic mass is 16.4. The summed E-state index contributed by atoms with van der Waals surface area (Å²) in [7, 11) is 0. The average Bonchev–Trinajstić information content (AvgIpc) is 2.44. The number of carboxylic acids is 1. The summed E-state index contributed by atoms with van der Waals surface area (Å²) < 4.78 is 0. The Morgan fingerprint density at radius 1 is 1.19 bits per heavy atom. The third kappa shape index (κ3) is 3.22. The first-order valence-electron chi connectivity index (χ1n) is 6.11. The molecule has 1 aliphatic carbocycles. The van der Waals surface area contributed by atoms with Crippen molar-refractivity contribution in [2.45, 2.75) is 51.9 Å². The van der Waals surface area contributed by atoms with Crippen LogP contribution < -0.4 is 5.32 Å². The normalized spacial score (nSPS) is 19.8. The Labute approximate surface area is 96.4 Å². The highest BCUT2D eigenvalue weighted by Gasteiger charge is 2.40. The van der Waals surface area contributed by atoms with Gasteiger partial charge in [-0.3, -0.25) is 9.59 Å². The molecule has 0 saturated heterocycles. The summed E-state index contributed by atoms with van der Waals surface area (Å²) in [5.74, 6) is -0.938. The summed E-state index contributed by atoms with van der Waals surface area (Å²) >= 11 is 0. The van der Waals surface area contributed by atoms with Crippen molar-refractivity contribution in [3.05, 3.63) is 0 Å². The molecule has 1 amide bonds. The van der Waals surface area contributed by atoms with Crippen LogP contribution in [0.4, 0.5) is 0 Å². The van der Waals surface area contributed by atoms with Crippen LogP contribution in [-0.2, 0) is 9.59 Å². The van der Waals surface area contributed by atoms with Gasteiger partial charge in [0.25, 0.3) is 0 Å². The Morgan fingerprint density at radius 3 is 2.19 bits per heavy atom. The minimum Gasteiger partial charge on any atom is -0.481 e. The summed E-state index contributed by atoms with van der Waals surface area (Å²) in [5, 5.41) is 12.0. The predicted octanol–water partition coefficient (Wildman–Crippen LogP) is 1.94. The summed E-state index contributed by atoms with van der Waals surface area (Å²) in [4.78, 5) is 22.9. The third-order valence-electron chi connectivity index (χ3n) is 3.39. The first-order chi connectivity index (χ1) is 7.60. The van der Waals surface area contributed by atoms with E-state index in [-0.39, 0.29) is 12.3 Å². The molecule has 0 bridgehead atoms. The van der Waals surface area contributed by atoms with E-state index in [4.69, 9.17) is 0 Å². The van der Waals surface area contributed by atoms with Gasteiger partial charge in [0.2, 0.25) is 5.91 Å². The van der Waals surface area contributed by atoms with E-state index in [1.54, 1.807) is 0 Å². The van der Waals surface area contributed by atoms with Crippen molar-refractivity contribution in [3.8, 4) is 0 Å². The number of rotatable bonds is 4. The topological polar surface area (TPSA) is 66.4 Å². The van der Waals surface area contributed by atoms with Crippen molar-refractivity contribution in [1.82, 2.24) is 5.32 Å². The minimum atomic E-state index is -0.810. The van der Waals surface area contributed by atoms with E-state index in [0.29, 0.717) is 19.4 Å². The zero-order chi connectivity index (χ0) is 12.0. The zero-order valence-electron chi connectivity index (χ0n) is 9.92. The molecule has 4 heteroatoms. The standard InChI is InChI=1S/C12H21NO3/c1-2-13-10(14)9-12(11(15)16)7-5-3-4-6-8-12/h2-9H2,1H3,(H,13,14)(H,15,16). The molecule has 0 aromatic carbocycles. The monoisotopic (exact) mass is 227 g/mol. The first-order valence-corrected chi connectivity index (χ1v) is 6.11. The van der Waals surface area contributed by atoms with Crippen molar-refractivity contribution in [1.29, 1.82) is 0 Å². The minimum absolute atomic E-state index is 0.133. The first kappa shape index (κ1) is 13.0. The van der Waals surface area contributed by atoms with E-state index in [9.17, 15) is 14.7 Å². The molecule has 0 aromatic rings. The van der Waals surface area contributed by atoms with Gasteiger partial charge in [0.05, 0.1) is 5.41 Å². The van der Waals surface area contributed by atoms with Gasteiger partial charge >= 0.3 is 5.97 Å². The number of hydrogen-bond acceptors (Lipinski definition) is 2. The van der Waals surface area contributed by atoms with Crippen LogP contribution >= 0.6 is 0 Å². The highest BCUT2D eigenvalue weighted by Crippen LogP contribution is 2.38. The quantitative estimate of drug-likeness (QED) is 0.721. The van der Waals surface area contributed by atoms with Gasteiger partial charge in [-0.15, -0.1) is 0 Å². The number of nitrogens with one attached hydrogen (secondary N) is 1. The van der Waals surface area contributed by atoms with Crippen molar-refractivity contribution in [2.24, 2.45) is 5.41 Å². The van der Waals surface area contributed by atoms with E-state index in [1.807, 2.05) is 6.92 Å². The lowest BCUT2D eigenvalue weighted by atomic mass is 9.77. The van der Waals surface area contributed by atoms with Gasteiger partial charge in [0, 0.05) is 13.0 Å². The molecule has 16 heavy (non-hydrogen) atoms. The van der Waals surface area contributed by atoms with Crippen LogP contribution in [0.2, 0.25) is 0 Å². The van der Waals surface area contributed by atoms with Crippen LogP contribution in [0.15, 0.2) is 0 Å². The lowest BCUT2D eigenvalue weighted by Gasteiger charge is -2.27. The average molecular weight is 227 g/mol. The van der Waals surface area contributed by atoms with Gasteiger partial charge in [-0.25, -0.2) is 0 Å². The number of carbonyl (C=O) groups is 2. The van der Waals surface area contributed by atoms with E-state index in [2.05, 4.69) is 5.32 Å². The molecule has 0 radical (unpaired) electrons. The van der Waals surface area contributed by atoms with E-state index < -0.39 is 11.4 Å². The van der Waals surface area contributed by atoms with Gasteiger partial charge < -0.3 is 10.4 Å². The van der Waals surface area contributed by atoms with Crippen LogP contribution in [0, 0.1) is 5.41 Å². The van der Waals surface area contributed by atoms with Gasteiger partial charge in [0.1, 0.15) is 0 Å². The SMILES string of the molecule is CCNC(=O)CC1(C(=O)O)CCCCCC1. The molecule has 0 aromatic heterocycles. The molecular formula is C12H21NO3. The lowest BCUT2D eigenvalue weighted by molar-refractivity contribution is -0.152. The molecule has 0 aliphatic heterocycles. The van der Waals surface area contributed by atoms with Crippen LogP contribution in [0.1, 0.15) is 51.9 Å². The van der Waals surface area contributed by atoms with E-state index in [0.717, 1.165) is 25.7 Å². The smallest absolute Gasteiger partial charge is 0.310 e. The Kier molecular flexibility index (Phi) is 4.77. The molecule has 92 valence electrons. The second-order valence-electron chi connectivity index (χ2n) is 4.63. The Balaban J connectivity index is 2.70. The van der Waals surface area contributed by atoms with E-state index >= 15 is 0 Å². The number of carboxylic acid groups (broad SMARTS) is 1. The van der Waals surface area contributed by atoms with Crippen LogP contribution in [0.3, 0.4) is 0 Å². The van der Waals surface area contributed by atoms with Gasteiger partial charge in [-0.1, -0.05) is 25.7 Å². The second-order valence-corrected chi connectivity index (χ2v) is 4.63. The maximum atomic E-state index is 11.6. The number of hydrogen-bond donors (Lipinski definition) is 2. The predicted molar refractivity (Wildman–Crippen MR) is 61.1 cm³/mol. The van der Waals surface area contributed by atoms with E-state index in [1.165, 1.54) is 0 Å². The van der Waals surface area contributed by atoms with Gasteiger partial charge in [-0.2, -0.15) is 0 Å². The molecule has 0 heterocycles. The molecule has 1 aliphatic rings. The summed E-state index contributed by atoms with van der Waals surface area (Å²) in [6.07, 6.45) is 5.43. The molecule has 1 fully saturated rings. The largest absolute Gasteiger partial charge is 0.481 e. The molecular weight excluding hydrogens is 206 g/mol. The maximum Gasteiger partial charge on any atom is 0.310 e. The number of aliphatic carboxylic acids is 1. The molecule has 0 atom stereocenters. The molecule has 0 spiro atoms. The molecule has 4 nitrogen and oxygen atoms in total. The Morgan fingerprint density at radius 2 is 1.75 bits per heavy atom. The molecule has 0 unspecified atom stereocenters. The van der Waals surface area contributed by atoms with Crippen molar-refractivity contribution >= 4 is 11.9 Å². The highest BCUT2D eigenvalue weighted by molar-refractivity contribution is 5.84. The van der Waals surface area contributed by atoms with Crippen molar-refractivity contribution in [3.63, 3.8) is 0 Å². The van der Waals surface area contributed by atoms with Crippen LogP contribution in [0.25, 0.3) is 0 Å². The number of carbonyl (C=O) groups excluding carboxylic acids is 1. The molecule has 2 N–H and O–H groups in total. The van der Waals surface area contributed by atoms with Gasteiger partial charge in [-0.05, 0) is 19.8 Å². The fraction of sp³-hybridized carbons (Fsp3) is 0.833. The molecule has 1 saturated carbocycles. The summed E-state index contributed by atoms with van der Waals surface area (Å²) in [5.41, 5.74) is -0.810. The zero-order valence-corrected chi connectivity index (χ0v) is 9.92. The Hall–Kier alpha value is -1.06. The second kappa shape index (κ2) is 5.87. The van der Waals surface area contributed by atoms with Crippen LogP contribution in [-0.4, -0.2) is 23.5 Å². The van der Waals surface area contributed by atoms with Crippen molar-refractivity contribution in [2.75, 3.05) is 6.54 Å². The maximum absolute atomic E-state index is 11.6.